The van der Waals surface area contributed by atoms with Crippen molar-refractivity contribution in [1.82, 2.24) is 10.3 Å². The van der Waals surface area contributed by atoms with E-state index in [2.05, 4.69) is 16.4 Å². The number of halogens is 1. The van der Waals surface area contributed by atoms with Crippen LogP contribution in [-0.4, -0.2) is 22.7 Å². The van der Waals surface area contributed by atoms with E-state index in [4.69, 9.17) is 5.11 Å². The Labute approximate surface area is 124 Å². The van der Waals surface area contributed by atoms with E-state index in [1.807, 2.05) is 38.1 Å². The molecule has 1 unspecified atom stereocenters. The number of hydrogen-bond donors (Lipinski definition) is 2. The van der Waals surface area contributed by atoms with E-state index >= 15 is 0 Å². The maximum absolute atomic E-state index is 13.9. The third-order valence-electron chi connectivity index (χ3n) is 3.67. The highest BCUT2D eigenvalue weighted by Gasteiger charge is 2.13. The van der Waals surface area contributed by atoms with Crippen molar-refractivity contribution in [3.8, 4) is 11.3 Å². The lowest BCUT2D eigenvalue weighted by Crippen LogP contribution is -2.33. The summed E-state index contributed by atoms with van der Waals surface area (Å²) in [5.74, 6) is -0.210. The number of rotatable bonds is 6. The summed E-state index contributed by atoms with van der Waals surface area (Å²) in [6.07, 6.45) is 0. The Morgan fingerprint density at radius 2 is 1.95 bits per heavy atom. The predicted octanol–water partition coefficient (Wildman–Crippen LogP) is 2.79. The standard InChI is InChI=1S/C17H20FN2O/c1-12(11-21)13(2)19-10-17-15(18)8-9-16(20-17)14-6-4-3-5-7-14/h4-9,12-13,19,21H,10-11H2,1-2H3/t12?,13-/m1/s1. The molecule has 0 aliphatic rings. The van der Waals surface area contributed by atoms with Gasteiger partial charge in [0.1, 0.15) is 5.82 Å². The smallest absolute Gasteiger partial charge is 0.146 e. The van der Waals surface area contributed by atoms with Crippen LogP contribution >= 0.6 is 0 Å². The molecule has 0 saturated heterocycles. The molecule has 0 fully saturated rings. The van der Waals surface area contributed by atoms with Gasteiger partial charge < -0.3 is 10.4 Å². The molecule has 1 aromatic heterocycles. The molecule has 0 spiro atoms. The second-order valence-corrected chi connectivity index (χ2v) is 5.24. The van der Waals surface area contributed by atoms with Crippen molar-refractivity contribution in [2.45, 2.75) is 26.4 Å². The fourth-order valence-corrected chi connectivity index (χ4v) is 1.94. The average Bonchev–Trinajstić information content (AvgIpc) is 2.53. The first-order chi connectivity index (χ1) is 10.1. The number of pyridine rings is 1. The number of hydrogen-bond acceptors (Lipinski definition) is 3. The number of aromatic nitrogens is 1. The Kier molecular flexibility index (Phi) is 5.42. The molecule has 21 heavy (non-hydrogen) atoms. The van der Waals surface area contributed by atoms with E-state index in [0.29, 0.717) is 12.2 Å². The van der Waals surface area contributed by atoms with E-state index in [1.54, 1.807) is 6.07 Å². The van der Waals surface area contributed by atoms with Gasteiger partial charge in [-0.15, -0.1) is 0 Å². The van der Waals surface area contributed by atoms with E-state index in [0.717, 1.165) is 11.3 Å². The van der Waals surface area contributed by atoms with Gasteiger partial charge in [-0.25, -0.2) is 9.37 Å². The minimum atomic E-state index is -0.322. The Balaban J connectivity index is 2.13. The highest BCUT2D eigenvalue weighted by Crippen LogP contribution is 2.18. The molecule has 1 radical (unpaired) electrons. The quantitative estimate of drug-likeness (QED) is 0.858. The molecular formula is C17H20FN2O. The predicted molar refractivity (Wildman–Crippen MR) is 81.0 cm³/mol. The van der Waals surface area contributed by atoms with E-state index in [1.165, 1.54) is 6.07 Å². The van der Waals surface area contributed by atoms with Gasteiger partial charge in [-0.3, -0.25) is 0 Å². The Morgan fingerprint density at radius 3 is 2.62 bits per heavy atom. The summed E-state index contributed by atoms with van der Waals surface area (Å²) in [7, 11) is 0. The number of aliphatic hydroxyl groups is 1. The van der Waals surface area contributed by atoms with E-state index < -0.39 is 0 Å². The van der Waals surface area contributed by atoms with Crippen molar-refractivity contribution in [1.29, 1.82) is 0 Å². The first-order valence-electron chi connectivity index (χ1n) is 7.08. The minimum Gasteiger partial charge on any atom is -0.396 e. The van der Waals surface area contributed by atoms with E-state index in [9.17, 15) is 4.39 Å². The fourth-order valence-electron chi connectivity index (χ4n) is 1.94. The molecule has 0 saturated carbocycles. The van der Waals surface area contributed by atoms with Crippen LogP contribution in [0.3, 0.4) is 0 Å². The molecular weight excluding hydrogens is 267 g/mol. The van der Waals surface area contributed by atoms with Gasteiger partial charge >= 0.3 is 0 Å². The van der Waals surface area contributed by atoms with Crippen LogP contribution in [0.2, 0.25) is 0 Å². The Bertz CT molecular complexity index is 574. The molecule has 3 nitrogen and oxygen atoms in total. The molecule has 1 heterocycles. The van der Waals surface area contributed by atoms with Crippen molar-refractivity contribution >= 4 is 0 Å². The van der Waals surface area contributed by atoms with Crippen LogP contribution in [0.4, 0.5) is 4.39 Å². The number of aliphatic hydroxyl groups excluding tert-OH is 1. The molecule has 0 bridgehead atoms. The first kappa shape index (κ1) is 15.6. The van der Waals surface area contributed by atoms with Gasteiger partial charge in [-0.05, 0) is 31.0 Å². The maximum Gasteiger partial charge on any atom is 0.146 e. The van der Waals surface area contributed by atoms with Crippen molar-refractivity contribution in [2.24, 2.45) is 5.92 Å². The average molecular weight is 287 g/mol. The zero-order valence-corrected chi connectivity index (χ0v) is 12.3. The summed E-state index contributed by atoms with van der Waals surface area (Å²) in [4.78, 5) is 4.39. The van der Waals surface area contributed by atoms with Crippen LogP contribution in [0.15, 0.2) is 36.4 Å². The van der Waals surface area contributed by atoms with Crippen LogP contribution in [-0.2, 0) is 6.54 Å². The monoisotopic (exact) mass is 287 g/mol. The number of nitrogens with zero attached hydrogens (tertiary/aromatic N) is 1. The molecule has 0 aliphatic carbocycles. The second kappa shape index (κ2) is 7.29. The SMILES string of the molecule is CC(CO)[C@@H](C)NCc1nc(-c2cc[c]cc2)ccc1F. The topological polar surface area (TPSA) is 45.1 Å². The van der Waals surface area contributed by atoms with Crippen molar-refractivity contribution in [3.63, 3.8) is 0 Å². The lowest BCUT2D eigenvalue weighted by atomic mass is 10.1. The third-order valence-corrected chi connectivity index (χ3v) is 3.67. The van der Waals surface area contributed by atoms with Gasteiger partial charge in [0, 0.05) is 24.8 Å². The van der Waals surface area contributed by atoms with Crippen LogP contribution in [0.25, 0.3) is 11.3 Å². The van der Waals surface area contributed by atoms with E-state index in [-0.39, 0.29) is 24.4 Å². The summed E-state index contributed by atoms with van der Waals surface area (Å²) < 4.78 is 13.9. The Hall–Kier alpha value is -1.78. The van der Waals surface area contributed by atoms with Crippen molar-refractivity contribution < 1.29 is 9.50 Å². The van der Waals surface area contributed by atoms with Gasteiger partial charge in [-0.2, -0.15) is 0 Å². The highest BCUT2D eigenvalue weighted by molar-refractivity contribution is 5.58. The van der Waals surface area contributed by atoms with Crippen LogP contribution < -0.4 is 5.32 Å². The summed E-state index contributed by atoms with van der Waals surface area (Å²) in [5.41, 5.74) is 2.06. The van der Waals surface area contributed by atoms with Crippen LogP contribution in [0.5, 0.6) is 0 Å². The van der Waals surface area contributed by atoms with Gasteiger partial charge in [0.25, 0.3) is 0 Å². The normalized spacial score (nSPS) is 13.9. The summed E-state index contributed by atoms with van der Waals surface area (Å²) in [6, 6.07) is 13.6. The maximum atomic E-state index is 13.9. The van der Waals surface area contributed by atoms with Gasteiger partial charge in [0.05, 0.1) is 11.4 Å². The highest BCUT2D eigenvalue weighted by atomic mass is 19.1. The minimum absolute atomic E-state index is 0.0891. The molecule has 0 aliphatic heterocycles. The summed E-state index contributed by atoms with van der Waals surface area (Å²) >= 11 is 0. The van der Waals surface area contributed by atoms with Crippen molar-refractivity contribution in [2.75, 3.05) is 6.61 Å². The largest absolute Gasteiger partial charge is 0.396 e. The molecule has 2 atom stereocenters. The number of nitrogens with one attached hydrogen (secondary N) is 1. The molecule has 2 N–H and O–H groups in total. The second-order valence-electron chi connectivity index (χ2n) is 5.24. The van der Waals surface area contributed by atoms with Crippen molar-refractivity contribution in [3.05, 3.63) is 54.0 Å². The van der Waals surface area contributed by atoms with Crippen LogP contribution in [0.1, 0.15) is 19.5 Å². The molecule has 2 aromatic rings. The molecule has 1 aromatic carbocycles. The Morgan fingerprint density at radius 1 is 1.24 bits per heavy atom. The van der Waals surface area contributed by atoms with Gasteiger partial charge in [0.15, 0.2) is 0 Å². The first-order valence-corrected chi connectivity index (χ1v) is 7.08. The lowest BCUT2D eigenvalue weighted by molar-refractivity contribution is 0.206. The molecule has 2 rings (SSSR count). The lowest BCUT2D eigenvalue weighted by Gasteiger charge is -2.19. The molecule has 4 heteroatoms. The number of benzene rings is 1. The molecule has 0 amide bonds. The zero-order valence-electron chi connectivity index (χ0n) is 12.3. The fraction of sp³-hybridized carbons (Fsp3) is 0.353. The van der Waals surface area contributed by atoms with Gasteiger partial charge in [0.2, 0.25) is 0 Å². The summed E-state index contributed by atoms with van der Waals surface area (Å²) in [5, 5.41) is 12.3. The van der Waals surface area contributed by atoms with Crippen LogP contribution in [0, 0.1) is 17.8 Å². The van der Waals surface area contributed by atoms with Gasteiger partial charge in [-0.1, -0.05) is 31.2 Å². The third kappa shape index (κ3) is 4.09. The molecule has 111 valence electrons. The zero-order chi connectivity index (χ0) is 15.2. The summed E-state index contributed by atoms with van der Waals surface area (Å²) in [6.45, 7) is 4.35.